The number of ether oxygens (including phenoxy) is 1. The van der Waals surface area contributed by atoms with Gasteiger partial charge in [-0.05, 0) is 38.8 Å². The van der Waals surface area contributed by atoms with Gasteiger partial charge in [0.05, 0.1) is 11.4 Å². The topological polar surface area (TPSA) is 86.1 Å². The lowest BCUT2D eigenvalue weighted by Crippen LogP contribution is -2.37. The molecule has 1 aliphatic rings. The molecule has 1 fully saturated rings. The number of hydrogen-bond donors (Lipinski definition) is 1. The molecule has 0 saturated heterocycles. The third-order valence-electron chi connectivity index (χ3n) is 3.54. The molecule has 1 N–H and O–H groups in total. The Balaban J connectivity index is 1.69. The molecule has 1 saturated carbocycles. The molecule has 1 heterocycles. The van der Waals surface area contributed by atoms with Crippen molar-refractivity contribution in [1.29, 1.82) is 0 Å². The first kappa shape index (κ1) is 15.2. The Morgan fingerprint density at radius 1 is 1.26 bits per heavy atom. The van der Waals surface area contributed by atoms with Crippen molar-refractivity contribution in [3.8, 4) is 5.69 Å². The van der Waals surface area contributed by atoms with Gasteiger partial charge in [0.2, 0.25) is 0 Å². The molecule has 1 atom stereocenters. The standard InChI is InChI=1S/C16H18N4O3/c1-10-14(19-20(18-10)13-6-4-3-5-7-13)16(22)23-11(2)15(21)17-12-8-9-12/h3-7,11-12H,8-9H2,1-2H3,(H,17,21). The molecular formula is C16H18N4O3. The molecule has 1 aliphatic carbocycles. The molecule has 0 aliphatic heterocycles. The maximum Gasteiger partial charge on any atom is 0.361 e. The molecule has 1 aromatic heterocycles. The Morgan fingerprint density at radius 3 is 2.61 bits per heavy atom. The average molecular weight is 314 g/mol. The van der Waals surface area contributed by atoms with E-state index in [1.165, 1.54) is 4.80 Å². The number of nitrogens with zero attached hydrogens (tertiary/aromatic N) is 3. The molecule has 1 amide bonds. The summed E-state index contributed by atoms with van der Waals surface area (Å²) >= 11 is 0. The van der Waals surface area contributed by atoms with Crippen LogP contribution in [0.15, 0.2) is 30.3 Å². The van der Waals surface area contributed by atoms with Crippen LogP contribution in [-0.4, -0.2) is 39.0 Å². The van der Waals surface area contributed by atoms with E-state index < -0.39 is 12.1 Å². The van der Waals surface area contributed by atoms with E-state index in [9.17, 15) is 9.59 Å². The normalized spacial score (nSPS) is 15.0. The molecule has 0 spiro atoms. The lowest BCUT2D eigenvalue weighted by Gasteiger charge is -2.12. The quantitative estimate of drug-likeness (QED) is 0.843. The molecule has 0 bridgehead atoms. The maximum absolute atomic E-state index is 12.2. The van der Waals surface area contributed by atoms with Gasteiger partial charge in [0.25, 0.3) is 5.91 Å². The van der Waals surface area contributed by atoms with Crippen molar-refractivity contribution in [2.24, 2.45) is 0 Å². The fraction of sp³-hybridized carbons (Fsp3) is 0.375. The van der Waals surface area contributed by atoms with Crippen LogP contribution in [0.4, 0.5) is 0 Å². The van der Waals surface area contributed by atoms with Crippen molar-refractivity contribution in [2.45, 2.75) is 38.8 Å². The Bertz CT molecular complexity index is 722. The fourth-order valence-corrected chi connectivity index (χ4v) is 2.06. The summed E-state index contributed by atoms with van der Waals surface area (Å²) in [7, 11) is 0. The van der Waals surface area contributed by atoms with Crippen molar-refractivity contribution in [3.63, 3.8) is 0 Å². The highest BCUT2D eigenvalue weighted by molar-refractivity contribution is 5.91. The number of aryl methyl sites for hydroxylation is 1. The van der Waals surface area contributed by atoms with E-state index in [0.29, 0.717) is 5.69 Å². The van der Waals surface area contributed by atoms with Crippen molar-refractivity contribution >= 4 is 11.9 Å². The minimum Gasteiger partial charge on any atom is -0.448 e. The Kier molecular flexibility index (Phi) is 4.10. The summed E-state index contributed by atoms with van der Waals surface area (Å²) in [6.45, 7) is 3.23. The summed E-state index contributed by atoms with van der Waals surface area (Å²) in [6.07, 6.45) is 1.11. The number of hydrogen-bond acceptors (Lipinski definition) is 5. The Hall–Kier alpha value is -2.70. The number of amides is 1. The van der Waals surface area contributed by atoms with Crippen LogP contribution >= 0.6 is 0 Å². The van der Waals surface area contributed by atoms with E-state index in [4.69, 9.17) is 4.74 Å². The number of carbonyl (C=O) groups is 2. The van der Waals surface area contributed by atoms with E-state index in [1.807, 2.05) is 30.3 Å². The highest BCUT2D eigenvalue weighted by Crippen LogP contribution is 2.19. The van der Waals surface area contributed by atoms with Crippen molar-refractivity contribution in [3.05, 3.63) is 41.7 Å². The van der Waals surface area contributed by atoms with E-state index in [2.05, 4.69) is 15.5 Å². The van der Waals surface area contributed by atoms with Crippen molar-refractivity contribution in [2.75, 3.05) is 0 Å². The van der Waals surface area contributed by atoms with Gasteiger partial charge in [-0.2, -0.15) is 9.90 Å². The number of nitrogens with one attached hydrogen (secondary N) is 1. The van der Waals surface area contributed by atoms with Crippen LogP contribution in [0.5, 0.6) is 0 Å². The molecule has 7 nitrogen and oxygen atoms in total. The first-order chi connectivity index (χ1) is 11.0. The molecule has 1 unspecified atom stereocenters. The van der Waals surface area contributed by atoms with Crippen LogP contribution < -0.4 is 5.32 Å². The summed E-state index contributed by atoms with van der Waals surface area (Å²) in [5.74, 6) is -0.933. The number of para-hydroxylation sites is 1. The van der Waals surface area contributed by atoms with Gasteiger partial charge >= 0.3 is 5.97 Å². The second kappa shape index (κ2) is 6.20. The van der Waals surface area contributed by atoms with Crippen LogP contribution in [0.25, 0.3) is 5.69 Å². The number of aromatic nitrogens is 3. The fourth-order valence-electron chi connectivity index (χ4n) is 2.06. The monoisotopic (exact) mass is 314 g/mol. The molecular weight excluding hydrogens is 296 g/mol. The van der Waals surface area contributed by atoms with Gasteiger partial charge in [-0.25, -0.2) is 4.79 Å². The minimum absolute atomic E-state index is 0.111. The first-order valence-electron chi connectivity index (χ1n) is 7.55. The van der Waals surface area contributed by atoms with Crippen LogP contribution in [-0.2, 0) is 9.53 Å². The van der Waals surface area contributed by atoms with Crippen molar-refractivity contribution < 1.29 is 14.3 Å². The molecule has 2 aromatic rings. The molecule has 23 heavy (non-hydrogen) atoms. The lowest BCUT2D eigenvalue weighted by atomic mass is 10.3. The van der Waals surface area contributed by atoms with E-state index in [-0.39, 0.29) is 17.6 Å². The van der Waals surface area contributed by atoms with Gasteiger partial charge in [-0.3, -0.25) is 4.79 Å². The Morgan fingerprint density at radius 2 is 1.96 bits per heavy atom. The van der Waals surface area contributed by atoms with E-state index in [1.54, 1.807) is 13.8 Å². The van der Waals surface area contributed by atoms with E-state index >= 15 is 0 Å². The second-order valence-corrected chi connectivity index (χ2v) is 5.59. The summed E-state index contributed by atoms with van der Waals surface area (Å²) in [5, 5.41) is 11.2. The molecule has 7 heteroatoms. The maximum atomic E-state index is 12.2. The third-order valence-corrected chi connectivity index (χ3v) is 3.54. The summed E-state index contributed by atoms with van der Waals surface area (Å²) in [6, 6.07) is 9.49. The summed E-state index contributed by atoms with van der Waals surface area (Å²) in [5.41, 5.74) is 1.31. The smallest absolute Gasteiger partial charge is 0.361 e. The van der Waals surface area contributed by atoms with Crippen LogP contribution in [0.1, 0.15) is 35.9 Å². The van der Waals surface area contributed by atoms with Gasteiger partial charge in [-0.15, -0.1) is 5.10 Å². The third kappa shape index (κ3) is 3.56. The zero-order chi connectivity index (χ0) is 16.4. The SMILES string of the molecule is Cc1nn(-c2ccccc2)nc1C(=O)OC(C)C(=O)NC1CC1. The molecule has 120 valence electrons. The van der Waals surface area contributed by atoms with Crippen LogP contribution in [0, 0.1) is 6.92 Å². The van der Waals surface area contributed by atoms with Gasteiger partial charge in [0.15, 0.2) is 11.8 Å². The lowest BCUT2D eigenvalue weighted by molar-refractivity contribution is -0.129. The Labute approximate surface area is 133 Å². The van der Waals surface area contributed by atoms with Crippen LogP contribution in [0.3, 0.4) is 0 Å². The zero-order valence-corrected chi connectivity index (χ0v) is 13.0. The molecule has 1 aromatic carbocycles. The summed E-state index contributed by atoms with van der Waals surface area (Å²) in [4.78, 5) is 25.4. The number of carbonyl (C=O) groups excluding carboxylic acids is 2. The number of benzene rings is 1. The van der Waals surface area contributed by atoms with Gasteiger partial charge < -0.3 is 10.1 Å². The molecule has 0 radical (unpaired) electrons. The minimum atomic E-state index is -0.857. The molecule has 3 rings (SSSR count). The van der Waals surface area contributed by atoms with Gasteiger partial charge in [-0.1, -0.05) is 18.2 Å². The van der Waals surface area contributed by atoms with Crippen LogP contribution in [0.2, 0.25) is 0 Å². The number of esters is 1. The van der Waals surface area contributed by atoms with Gasteiger partial charge in [0.1, 0.15) is 0 Å². The predicted molar refractivity (Wildman–Crippen MR) is 82.1 cm³/mol. The first-order valence-corrected chi connectivity index (χ1v) is 7.55. The van der Waals surface area contributed by atoms with Gasteiger partial charge in [0, 0.05) is 6.04 Å². The largest absolute Gasteiger partial charge is 0.448 e. The zero-order valence-electron chi connectivity index (χ0n) is 13.0. The highest BCUT2D eigenvalue weighted by Gasteiger charge is 2.28. The average Bonchev–Trinajstić information content (AvgIpc) is 3.27. The van der Waals surface area contributed by atoms with E-state index in [0.717, 1.165) is 18.5 Å². The highest BCUT2D eigenvalue weighted by atomic mass is 16.5. The summed E-state index contributed by atoms with van der Waals surface area (Å²) < 4.78 is 5.19. The predicted octanol–water partition coefficient (Wildman–Crippen LogP) is 1.40. The second-order valence-electron chi connectivity index (χ2n) is 5.59. The number of rotatable bonds is 5. The van der Waals surface area contributed by atoms with Crippen molar-refractivity contribution in [1.82, 2.24) is 20.3 Å².